The van der Waals surface area contributed by atoms with E-state index in [1.54, 1.807) is 16.5 Å². The number of ether oxygens (including phenoxy) is 1. The number of carbonyl (C=O) groups is 1. The van der Waals surface area contributed by atoms with Gasteiger partial charge in [-0.3, -0.25) is 9.59 Å². The van der Waals surface area contributed by atoms with Crippen LogP contribution in [-0.4, -0.2) is 34.6 Å². The molecule has 0 unspecified atom stereocenters. The predicted molar refractivity (Wildman–Crippen MR) is 92.3 cm³/mol. The van der Waals surface area contributed by atoms with Crippen LogP contribution in [0, 0.1) is 13.8 Å². The van der Waals surface area contributed by atoms with Crippen LogP contribution in [0.25, 0.3) is 0 Å². The van der Waals surface area contributed by atoms with E-state index in [4.69, 9.17) is 4.74 Å². The maximum Gasteiger partial charge on any atom is 0.254 e. The van der Waals surface area contributed by atoms with E-state index < -0.39 is 0 Å². The zero-order valence-electron chi connectivity index (χ0n) is 14.3. The lowest BCUT2D eigenvalue weighted by Crippen LogP contribution is -2.56. The van der Waals surface area contributed by atoms with E-state index in [0.717, 1.165) is 16.8 Å². The van der Waals surface area contributed by atoms with Crippen molar-refractivity contribution in [2.75, 3.05) is 13.1 Å². The van der Waals surface area contributed by atoms with Gasteiger partial charge in [0.05, 0.1) is 19.5 Å². The number of rotatable bonds is 4. The van der Waals surface area contributed by atoms with Crippen molar-refractivity contribution in [3.63, 3.8) is 0 Å². The minimum atomic E-state index is -0.0864. The summed E-state index contributed by atoms with van der Waals surface area (Å²) in [5.74, 6) is 0.687. The molecule has 1 aromatic heterocycles. The van der Waals surface area contributed by atoms with Crippen LogP contribution in [-0.2, 0) is 18.3 Å². The van der Waals surface area contributed by atoms with Gasteiger partial charge in [-0.25, -0.2) is 0 Å². The molecule has 0 radical (unpaired) electrons. The van der Waals surface area contributed by atoms with Crippen molar-refractivity contribution < 1.29 is 9.53 Å². The van der Waals surface area contributed by atoms with E-state index in [9.17, 15) is 9.59 Å². The third-order valence-corrected chi connectivity index (χ3v) is 4.42. The standard InChI is InChI=1S/C19H22N2O3/c1-13-5-4-6-15(7-13)9-19(23)21-11-17(12-21)24-16-8-14(2)20(3)18(22)10-16/h4-8,10,17H,9,11-12H2,1-3H3. The normalized spacial score (nSPS) is 14.4. The second kappa shape index (κ2) is 6.51. The lowest BCUT2D eigenvalue weighted by Gasteiger charge is -2.39. The molecule has 1 saturated heterocycles. The van der Waals surface area contributed by atoms with Gasteiger partial charge >= 0.3 is 0 Å². The number of likely N-dealkylation sites (tertiary alicyclic amines) is 1. The van der Waals surface area contributed by atoms with Crippen LogP contribution >= 0.6 is 0 Å². The maximum absolute atomic E-state index is 12.3. The maximum atomic E-state index is 12.3. The molecule has 5 heteroatoms. The summed E-state index contributed by atoms with van der Waals surface area (Å²) in [4.78, 5) is 25.8. The molecule has 1 fully saturated rings. The SMILES string of the molecule is Cc1cccc(CC(=O)N2CC(Oc3cc(C)n(C)c(=O)c3)C2)c1. The van der Waals surface area contributed by atoms with Crippen LogP contribution in [0.5, 0.6) is 5.75 Å². The molecule has 1 aliphatic rings. The number of hydrogen-bond acceptors (Lipinski definition) is 3. The number of amides is 1. The molecule has 0 saturated carbocycles. The molecular formula is C19H22N2O3. The highest BCUT2D eigenvalue weighted by Gasteiger charge is 2.32. The Bertz CT molecular complexity index is 820. The molecule has 2 heterocycles. The fourth-order valence-electron chi connectivity index (χ4n) is 2.82. The van der Waals surface area contributed by atoms with E-state index in [-0.39, 0.29) is 17.6 Å². The van der Waals surface area contributed by atoms with Crippen molar-refractivity contribution in [2.24, 2.45) is 7.05 Å². The Balaban J connectivity index is 1.54. The average Bonchev–Trinajstić information content (AvgIpc) is 2.47. The molecule has 0 atom stereocenters. The lowest BCUT2D eigenvalue weighted by atomic mass is 10.1. The summed E-state index contributed by atoms with van der Waals surface area (Å²) < 4.78 is 7.38. The molecule has 0 N–H and O–H groups in total. The summed E-state index contributed by atoms with van der Waals surface area (Å²) >= 11 is 0. The topological polar surface area (TPSA) is 51.5 Å². The molecule has 3 rings (SSSR count). The largest absolute Gasteiger partial charge is 0.486 e. The van der Waals surface area contributed by atoms with E-state index in [1.165, 1.54) is 6.07 Å². The fourth-order valence-corrected chi connectivity index (χ4v) is 2.82. The van der Waals surface area contributed by atoms with Crippen molar-refractivity contribution >= 4 is 5.91 Å². The minimum absolute atomic E-state index is 0.0436. The molecule has 0 aliphatic carbocycles. The van der Waals surface area contributed by atoms with Crippen LogP contribution in [0.15, 0.2) is 41.2 Å². The quantitative estimate of drug-likeness (QED) is 0.861. The average molecular weight is 326 g/mol. The van der Waals surface area contributed by atoms with E-state index >= 15 is 0 Å². The highest BCUT2D eigenvalue weighted by Crippen LogP contribution is 2.19. The number of hydrogen-bond donors (Lipinski definition) is 0. The van der Waals surface area contributed by atoms with Gasteiger partial charge in [-0.2, -0.15) is 0 Å². The molecular weight excluding hydrogens is 304 g/mol. The van der Waals surface area contributed by atoms with Crippen LogP contribution in [0.1, 0.15) is 16.8 Å². The van der Waals surface area contributed by atoms with Crippen LogP contribution < -0.4 is 10.3 Å². The molecule has 126 valence electrons. The Hall–Kier alpha value is -2.56. The van der Waals surface area contributed by atoms with Gasteiger partial charge in [-0.1, -0.05) is 29.8 Å². The van der Waals surface area contributed by atoms with Crippen molar-refractivity contribution in [3.8, 4) is 5.75 Å². The molecule has 0 bridgehead atoms. The summed E-state index contributed by atoms with van der Waals surface area (Å²) in [7, 11) is 1.73. The Labute approximate surface area is 141 Å². The van der Waals surface area contributed by atoms with Crippen molar-refractivity contribution in [1.29, 1.82) is 0 Å². The third kappa shape index (κ3) is 3.50. The van der Waals surface area contributed by atoms with E-state index in [1.807, 2.05) is 44.2 Å². The first-order valence-electron chi connectivity index (χ1n) is 8.10. The molecule has 5 nitrogen and oxygen atoms in total. The monoisotopic (exact) mass is 326 g/mol. The van der Waals surface area contributed by atoms with Gasteiger partial charge in [-0.05, 0) is 25.5 Å². The van der Waals surface area contributed by atoms with Gasteiger partial charge in [-0.15, -0.1) is 0 Å². The van der Waals surface area contributed by atoms with Gasteiger partial charge in [0.1, 0.15) is 11.9 Å². The first-order chi connectivity index (χ1) is 11.4. The molecule has 1 aromatic carbocycles. The molecule has 24 heavy (non-hydrogen) atoms. The van der Waals surface area contributed by atoms with Crippen LogP contribution in [0.3, 0.4) is 0 Å². The molecule has 1 amide bonds. The van der Waals surface area contributed by atoms with Gasteiger partial charge < -0.3 is 14.2 Å². The van der Waals surface area contributed by atoms with Crippen molar-refractivity contribution in [2.45, 2.75) is 26.4 Å². The highest BCUT2D eigenvalue weighted by atomic mass is 16.5. The molecule has 1 aliphatic heterocycles. The Morgan fingerprint density at radius 2 is 1.96 bits per heavy atom. The molecule has 2 aromatic rings. The summed E-state index contributed by atoms with van der Waals surface area (Å²) in [6.07, 6.45) is 0.373. The van der Waals surface area contributed by atoms with Crippen LogP contribution in [0.4, 0.5) is 0 Å². The number of carbonyl (C=O) groups excluding carboxylic acids is 1. The number of pyridine rings is 1. The summed E-state index contributed by atoms with van der Waals surface area (Å²) in [6, 6.07) is 11.3. The predicted octanol–water partition coefficient (Wildman–Crippen LogP) is 1.83. The second-order valence-electron chi connectivity index (χ2n) is 6.43. The van der Waals surface area contributed by atoms with Crippen molar-refractivity contribution in [1.82, 2.24) is 9.47 Å². The zero-order valence-corrected chi connectivity index (χ0v) is 14.3. The Morgan fingerprint density at radius 1 is 1.21 bits per heavy atom. The van der Waals surface area contributed by atoms with E-state index in [2.05, 4.69) is 0 Å². The highest BCUT2D eigenvalue weighted by molar-refractivity contribution is 5.79. The smallest absolute Gasteiger partial charge is 0.254 e. The first-order valence-corrected chi connectivity index (χ1v) is 8.10. The van der Waals surface area contributed by atoms with Gasteiger partial charge in [0.25, 0.3) is 5.56 Å². The summed E-state index contributed by atoms with van der Waals surface area (Å²) in [5.41, 5.74) is 2.96. The van der Waals surface area contributed by atoms with Gasteiger partial charge in [0, 0.05) is 18.8 Å². The first kappa shape index (κ1) is 16.3. The number of aromatic nitrogens is 1. The van der Waals surface area contributed by atoms with Crippen LogP contribution in [0.2, 0.25) is 0 Å². The van der Waals surface area contributed by atoms with Gasteiger partial charge in [0.15, 0.2) is 0 Å². The summed E-state index contributed by atoms with van der Waals surface area (Å²) in [5, 5.41) is 0. The third-order valence-electron chi connectivity index (χ3n) is 4.42. The summed E-state index contributed by atoms with van der Waals surface area (Å²) in [6.45, 7) is 5.03. The molecule has 0 spiro atoms. The number of aryl methyl sites for hydroxylation is 2. The minimum Gasteiger partial charge on any atom is -0.486 e. The van der Waals surface area contributed by atoms with E-state index in [0.29, 0.717) is 25.3 Å². The van der Waals surface area contributed by atoms with Crippen molar-refractivity contribution in [3.05, 3.63) is 63.6 Å². The Kier molecular flexibility index (Phi) is 4.42. The second-order valence-corrected chi connectivity index (χ2v) is 6.43. The zero-order chi connectivity index (χ0) is 17.3. The number of nitrogens with zero attached hydrogens (tertiary/aromatic N) is 2. The van der Waals surface area contributed by atoms with Gasteiger partial charge in [0.2, 0.25) is 5.91 Å². The number of benzene rings is 1. The lowest BCUT2D eigenvalue weighted by molar-refractivity contribution is -0.139. The Morgan fingerprint density at radius 3 is 2.62 bits per heavy atom. The fraction of sp³-hybridized carbons (Fsp3) is 0.368.